The van der Waals surface area contributed by atoms with Gasteiger partial charge in [0.2, 0.25) is 0 Å². The van der Waals surface area contributed by atoms with Crippen molar-refractivity contribution in [2.45, 2.75) is 13.3 Å². The van der Waals surface area contributed by atoms with Gasteiger partial charge in [-0.25, -0.2) is 4.39 Å². The van der Waals surface area contributed by atoms with E-state index in [2.05, 4.69) is 12.2 Å². The van der Waals surface area contributed by atoms with Crippen LogP contribution in [0, 0.1) is 5.82 Å². The van der Waals surface area contributed by atoms with Gasteiger partial charge in [-0.2, -0.15) is 0 Å². The van der Waals surface area contributed by atoms with E-state index >= 15 is 0 Å². The van der Waals surface area contributed by atoms with Crippen molar-refractivity contribution in [3.8, 4) is 0 Å². The fraction of sp³-hybridized carbons (Fsp3) is 0.333. The lowest BCUT2D eigenvalue weighted by atomic mass is 10.2. The van der Waals surface area contributed by atoms with Crippen molar-refractivity contribution in [1.29, 1.82) is 0 Å². The summed E-state index contributed by atoms with van der Waals surface area (Å²) in [6, 6.07) is 4.40. The molecule has 0 aliphatic carbocycles. The van der Waals surface area contributed by atoms with Crippen LogP contribution in [0.4, 0.5) is 4.39 Å². The summed E-state index contributed by atoms with van der Waals surface area (Å²) in [5, 5.41) is 3.68. The second-order valence-corrected chi connectivity index (χ2v) is 3.68. The SMILES string of the molecule is CCCNC/C=C/c1ccc(F)cc1Cl. The summed E-state index contributed by atoms with van der Waals surface area (Å²) < 4.78 is 12.7. The van der Waals surface area contributed by atoms with E-state index in [0.29, 0.717) is 5.02 Å². The Morgan fingerprint density at radius 3 is 2.93 bits per heavy atom. The molecule has 15 heavy (non-hydrogen) atoms. The molecule has 1 N–H and O–H groups in total. The van der Waals surface area contributed by atoms with Crippen LogP contribution in [0.2, 0.25) is 5.02 Å². The molecule has 1 nitrogen and oxygen atoms in total. The molecule has 3 heteroatoms. The lowest BCUT2D eigenvalue weighted by Crippen LogP contribution is -2.13. The van der Waals surface area contributed by atoms with Gasteiger partial charge in [0.1, 0.15) is 5.82 Å². The third kappa shape index (κ3) is 4.45. The molecule has 0 aliphatic rings. The van der Waals surface area contributed by atoms with Gasteiger partial charge in [-0.15, -0.1) is 0 Å². The van der Waals surface area contributed by atoms with E-state index in [1.54, 1.807) is 6.07 Å². The van der Waals surface area contributed by atoms with Gasteiger partial charge < -0.3 is 5.32 Å². The average Bonchev–Trinajstić information content (AvgIpc) is 2.20. The number of hydrogen-bond acceptors (Lipinski definition) is 1. The maximum Gasteiger partial charge on any atom is 0.124 e. The van der Waals surface area contributed by atoms with E-state index in [1.807, 2.05) is 12.2 Å². The first kappa shape index (κ1) is 12.2. The highest BCUT2D eigenvalue weighted by Crippen LogP contribution is 2.18. The van der Waals surface area contributed by atoms with Crippen LogP contribution in [0.15, 0.2) is 24.3 Å². The Morgan fingerprint density at radius 2 is 2.27 bits per heavy atom. The van der Waals surface area contributed by atoms with Crippen LogP contribution in [-0.4, -0.2) is 13.1 Å². The Bertz CT molecular complexity index is 336. The van der Waals surface area contributed by atoms with E-state index in [4.69, 9.17) is 11.6 Å². The number of hydrogen-bond donors (Lipinski definition) is 1. The largest absolute Gasteiger partial charge is 0.313 e. The van der Waals surface area contributed by atoms with Crippen LogP contribution in [0.1, 0.15) is 18.9 Å². The first-order valence-electron chi connectivity index (χ1n) is 5.06. The van der Waals surface area contributed by atoms with Gasteiger partial charge in [0.25, 0.3) is 0 Å². The van der Waals surface area contributed by atoms with Crippen molar-refractivity contribution in [3.63, 3.8) is 0 Å². The summed E-state index contributed by atoms with van der Waals surface area (Å²) in [5.41, 5.74) is 0.844. The zero-order valence-electron chi connectivity index (χ0n) is 8.76. The quantitative estimate of drug-likeness (QED) is 0.760. The van der Waals surface area contributed by atoms with Crippen LogP contribution in [0.3, 0.4) is 0 Å². The molecule has 82 valence electrons. The van der Waals surface area contributed by atoms with Crippen LogP contribution in [0.5, 0.6) is 0 Å². The summed E-state index contributed by atoms with van der Waals surface area (Å²) in [4.78, 5) is 0. The predicted octanol–water partition coefficient (Wildman–Crippen LogP) is 3.49. The minimum absolute atomic E-state index is 0.304. The van der Waals surface area contributed by atoms with Gasteiger partial charge >= 0.3 is 0 Å². The maximum atomic E-state index is 12.7. The molecule has 0 spiro atoms. The van der Waals surface area contributed by atoms with Gasteiger partial charge in [-0.1, -0.05) is 36.7 Å². The minimum Gasteiger partial charge on any atom is -0.313 e. The molecule has 0 unspecified atom stereocenters. The molecule has 0 saturated carbocycles. The summed E-state index contributed by atoms with van der Waals surface area (Å²) >= 11 is 5.86. The second-order valence-electron chi connectivity index (χ2n) is 3.27. The highest BCUT2D eigenvalue weighted by atomic mass is 35.5. The van der Waals surface area contributed by atoms with Crippen molar-refractivity contribution < 1.29 is 4.39 Å². The van der Waals surface area contributed by atoms with E-state index in [9.17, 15) is 4.39 Å². The molecule has 1 aromatic carbocycles. The standard InChI is InChI=1S/C12H15ClFN/c1-2-7-15-8-3-4-10-5-6-11(14)9-12(10)13/h3-6,9,15H,2,7-8H2,1H3/b4-3+. The normalized spacial score (nSPS) is 11.1. The molecule has 0 heterocycles. The van der Waals surface area contributed by atoms with E-state index in [0.717, 1.165) is 25.1 Å². The summed E-state index contributed by atoms with van der Waals surface area (Å²) in [6.45, 7) is 3.93. The van der Waals surface area contributed by atoms with E-state index in [-0.39, 0.29) is 5.82 Å². The fourth-order valence-electron chi connectivity index (χ4n) is 1.18. The second kappa shape index (κ2) is 6.59. The molecule has 0 bridgehead atoms. The van der Waals surface area contributed by atoms with Crippen LogP contribution < -0.4 is 5.32 Å². The summed E-state index contributed by atoms with van der Waals surface area (Å²) in [7, 11) is 0. The van der Waals surface area contributed by atoms with Crippen molar-refractivity contribution in [2.24, 2.45) is 0 Å². The molecule has 1 rings (SSSR count). The Kier molecular flexibility index (Phi) is 5.37. The zero-order chi connectivity index (χ0) is 11.1. The Hall–Kier alpha value is -0.860. The third-order valence-electron chi connectivity index (χ3n) is 1.95. The molecule has 0 aliphatic heterocycles. The molecule has 0 radical (unpaired) electrons. The highest BCUT2D eigenvalue weighted by Gasteiger charge is 1.97. The minimum atomic E-state index is -0.304. The number of halogens is 2. The summed E-state index contributed by atoms with van der Waals surface area (Å²) in [6.07, 6.45) is 4.99. The van der Waals surface area contributed by atoms with E-state index in [1.165, 1.54) is 12.1 Å². The van der Waals surface area contributed by atoms with Gasteiger partial charge in [0.05, 0.1) is 5.02 Å². The molecule has 1 aromatic rings. The first-order valence-corrected chi connectivity index (χ1v) is 5.44. The number of benzene rings is 1. The van der Waals surface area contributed by atoms with Crippen molar-refractivity contribution in [2.75, 3.05) is 13.1 Å². The monoisotopic (exact) mass is 227 g/mol. The smallest absolute Gasteiger partial charge is 0.124 e. The van der Waals surface area contributed by atoms with E-state index < -0.39 is 0 Å². The molecule has 0 saturated heterocycles. The average molecular weight is 228 g/mol. The summed E-state index contributed by atoms with van der Waals surface area (Å²) in [5.74, 6) is -0.304. The van der Waals surface area contributed by atoms with Crippen molar-refractivity contribution in [1.82, 2.24) is 5.32 Å². The molecule has 0 aromatic heterocycles. The van der Waals surface area contributed by atoms with Crippen LogP contribution in [0.25, 0.3) is 6.08 Å². The Balaban J connectivity index is 2.49. The van der Waals surface area contributed by atoms with Gasteiger partial charge in [-0.05, 0) is 30.7 Å². The molecule has 0 atom stereocenters. The topological polar surface area (TPSA) is 12.0 Å². The maximum absolute atomic E-state index is 12.7. The molecular weight excluding hydrogens is 213 g/mol. The van der Waals surface area contributed by atoms with Crippen molar-refractivity contribution in [3.05, 3.63) is 40.7 Å². The molecule has 0 amide bonds. The molecule has 0 fully saturated rings. The van der Waals surface area contributed by atoms with Gasteiger partial charge in [0, 0.05) is 6.54 Å². The highest BCUT2D eigenvalue weighted by molar-refractivity contribution is 6.32. The van der Waals surface area contributed by atoms with Gasteiger partial charge in [0.15, 0.2) is 0 Å². The van der Waals surface area contributed by atoms with Gasteiger partial charge in [-0.3, -0.25) is 0 Å². The Morgan fingerprint density at radius 1 is 1.47 bits per heavy atom. The van der Waals surface area contributed by atoms with Crippen LogP contribution >= 0.6 is 11.6 Å². The fourth-order valence-corrected chi connectivity index (χ4v) is 1.41. The molecular formula is C12H15ClFN. The Labute approximate surface area is 95.0 Å². The number of nitrogens with one attached hydrogen (secondary N) is 1. The zero-order valence-corrected chi connectivity index (χ0v) is 9.52. The first-order chi connectivity index (χ1) is 7.24. The number of rotatable bonds is 5. The lowest BCUT2D eigenvalue weighted by molar-refractivity contribution is 0.628. The lowest BCUT2D eigenvalue weighted by Gasteiger charge is -1.99. The van der Waals surface area contributed by atoms with Crippen molar-refractivity contribution >= 4 is 17.7 Å². The predicted molar refractivity (Wildman–Crippen MR) is 63.6 cm³/mol. The third-order valence-corrected chi connectivity index (χ3v) is 2.28. The van der Waals surface area contributed by atoms with Crippen LogP contribution in [-0.2, 0) is 0 Å².